The molecular weight excluding hydrogens is 168 g/mol. The molecule has 0 aliphatic carbocycles. The topological polar surface area (TPSA) is 27.7 Å². The molecular formula is C10H22O3. The van der Waals surface area contributed by atoms with Crippen LogP contribution < -0.4 is 0 Å². The lowest BCUT2D eigenvalue weighted by molar-refractivity contribution is -0.142. The molecule has 0 saturated heterocycles. The summed E-state index contributed by atoms with van der Waals surface area (Å²) in [5, 5.41) is 0. The van der Waals surface area contributed by atoms with Gasteiger partial charge < -0.3 is 14.2 Å². The zero-order chi connectivity index (χ0) is 9.94. The third-order valence-corrected chi connectivity index (χ3v) is 1.63. The third-order valence-electron chi connectivity index (χ3n) is 1.63. The highest BCUT2D eigenvalue weighted by Crippen LogP contribution is 2.00. The van der Waals surface area contributed by atoms with Gasteiger partial charge in [0, 0.05) is 19.8 Å². The van der Waals surface area contributed by atoms with Crippen LogP contribution in [-0.2, 0) is 14.2 Å². The Morgan fingerprint density at radius 3 is 2.23 bits per heavy atom. The van der Waals surface area contributed by atoms with E-state index in [0.29, 0.717) is 6.61 Å². The number of ether oxygens (including phenoxy) is 3. The summed E-state index contributed by atoms with van der Waals surface area (Å²) in [5.41, 5.74) is 0. The normalized spacial score (nSPS) is 13.2. The quantitative estimate of drug-likeness (QED) is 0.412. The number of hydrogen-bond donors (Lipinski definition) is 0. The van der Waals surface area contributed by atoms with Crippen molar-refractivity contribution in [1.29, 1.82) is 0 Å². The van der Waals surface area contributed by atoms with Gasteiger partial charge in [-0.1, -0.05) is 6.92 Å². The van der Waals surface area contributed by atoms with Crippen LogP contribution >= 0.6 is 0 Å². The Labute approximate surface area is 81.4 Å². The molecule has 0 rings (SSSR count). The minimum atomic E-state index is -0.0355. The average molecular weight is 190 g/mol. The molecule has 0 aromatic rings. The van der Waals surface area contributed by atoms with Gasteiger partial charge in [-0.2, -0.15) is 0 Å². The van der Waals surface area contributed by atoms with Gasteiger partial charge in [0.1, 0.15) is 0 Å². The Kier molecular flexibility index (Phi) is 9.87. The molecule has 0 spiro atoms. The van der Waals surface area contributed by atoms with Gasteiger partial charge in [0.25, 0.3) is 0 Å². The highest BCUT2D eigenvalue weighted by atomic mass is 16.7. The first kappa shape index (κ1) is 12.9. The Bertz CT molecular complexity index is 96.2. The van der Waals surface area contributed by atoms with Crippen LogP contribution in [0.2, 0.25) is 0 Å². The Morgan fingerprint density at radius 1 is 0.923 bits per heavy atom. The van der Waals surface area contributed by atoms with Gasteiger partial charge in [0.15, 0.2) is 6.29 Å². The van der Waals surface area contributed by atoms with Crippen molar-refractivity contribution in [2.75, 3.05) is 26.4 Å². The first-order chi connectivity index (χ1) is 6.35. The SMILES string of the molecule is CCOCCCOC(CC)OCC. The molecule has 3 heteroatoms. The summed E-state index contributed by atoms with van der Waals surface area (Å²) < 4.78 is 16.0. The van der Waals surface area contributed by atoms with E-state index in [2.05, 4.69) is 6.92 Å². The summed E-state index contributed by atoms with van der Waals surface area (Å²) >= 11 is 0. The lowest BCUT2D eigenvalue weighted by Crippen LogP contribution is -2.17. The second-order valence-corrected chi connectivity index (χ2v) is 2.71. The van der Waals surface area contributed by atoms with Crippen LogP contribution in [0.1, 0.15) is 33.6 Å². The second kappa shape index (κ2) is 9.96. The molecule has 0 fully saturated rings. The molecule has 0 N–H and O–H groups in total. The summed E-state index contributed by atoms with van der Waals surface area (Å²) in [7, 11) is 0. The average Bonchev–Trinajstić information content (AvgIpc) is 2.16. The first-order valence-corrected chi connectivity index (χ1v) is 5.16. The van der Waals surface area contributed by atoms with Gasteiger partial charge in [-0.25, -0.2) is 0 Å². The number of hydrogen-bond acceptors (Lipinski definition) is 3. The van der Waals surface area contributed by atoms with E-state index in [1.807, 2.05) is 13.8 Å². The van der Waals surface area contributed by atoms with Crippen LogP contribution in [0.15, 0.2) is 0 Å². The fourth-order valence-electron chi connectivity index (χ4n) is 0.990. The van der Waals surface area contributed by atoms with E-state index in [-0.39, 0.29) is 6.29 Å². The van der Waals surface area contributed by atoms with Crippen molar-refractivity contribution in [3.05, 3.63) is 0 Å². The van der Waals surface area contributed by atoms with Crippen molar-refractivity contribution < 1.29 is 14.2 Å². The van der Waals surface area contributed by atoms with Crippen molar-refractivity contribution in [3.8, 4) is 0 Å². The Morgan fingerprint density at radius 2 is 1.69 bits per heavy atom. The molecule has 0 aliphatic rings. The largest absolute Gasteiger partial charge is 0.382 e. The van der Waals surface area contributed by atoms with Gasteiger partial charge >= 0.3 is 0 Å². The summed E-state index contributed by atoms with van der Waals surface area (Å²) in [4.78, 5) is 0. The van der Waals surface area contributed by atoms with Crippen LogP contribution in [0, 0.1) is 0 Å². The first-order valence-electron chi connectivity index (χ1n) is 5.16. The van der Waals surface area contributed by atoms with Crippen molar-refractivity contribution in [2.45, 2.75) is 39.9 Å². The van der Waals surface area contributed by atoms with Crippen LogP contribution in [-0.4, -0.2) is 32.7 Å². The van der Waals surface area contributed by atoms with Crippen molar-refractivity contribution in [2.24, 2.45) is 0 Å². The Balaban J connectivity index is 3.17. The molecule has 0 saturated carbocycles. The van der Waals surface area contributed by atoms with Crippen molar-refractivity contribution in [3.63, 3.8) is 0 Å². The number of rotatable bonds is 9. The van der Waals surface area contributed by atoms with E-state index in [4.69, 9.17) is 14.2 Å². The van der Waals surface area contributed by atoms with Gasteiger partial charge in [-0.05, 0) is 26.7 Å². The van der Waals surface area contributed by atoms with Gasteiger partial charge in [-0.3, -0.25) is 0 Å². The summed E-state index contributed by atoms with van der Waals surface area (Å²) in [6.45, 7) is 9.02. The van der Waals surface area contributed by atoms with Gasteiger partial charge in [0.05, 0.1) is 6.61 Å². The van der Waals surface area contributed by atoms with Crippen LogP contribution in [0.4, 0.5) is 0 Å². The van der Waals surface area contributed by atoms with E-state index in [0.717, 1.165) is 32.7 Å². The van der Waals surface area contributed by atoms with E-state index >= 15 is 0 Å². The highest BCUT2D eigenvalue weighted by Gasteiger charge is 2.03. The van der Waals surface area contributed by atoms with Crippen molar-refractivity contribution >= 4 is 0 Å². The molecule has 3 nitrogen and oxygen atoms in total. The Hall–Kier alpha value is -0.120. The lowest BCUT2D eigenvalue weighted by Gasteiger charge is -2.15. The molecule has 0 aromatic heterocycles. The highest BCUT2D eigenvalue weighted by molar-refractivity contribution is 4.40. The summed E-state index contributed by atoms with van der Waals surface area (Å²) in [6.07, 6.45) is 1.81. The zero-order valence-electron chi connectivity index (χ0n) is 9.04. The third kappa shape index (κ3) is 8.22. The molecule has 0 bridgehead atoms. The zero-order valence-corrected chi connectivity index (χ0v) is 9.04. The molecule has 0 aliphatic heterocycles. The standard InChI is InChI=1S/C10H22O3/c1-4-10(12-6-3)13-9-7-8-11-5-2/h10H,4-9H2,1-3H3. The molecule has 0 amide bonds. The molecule has 0 heterocycles. The van der Waals surface area contributed by atoms with Crippen LogP contribution in [0.5, 0.6) is 0 Å². The van der Waals surface area contributed by atoms with E-state index in [9.17, 15) is 0 Å². The fourth-order valence-corrected chi connectivity index (χ4v) is 0.990. The smallest absolute Gasteiger partial charge is 0.157 e. The predicted molar refractivity (Wildman–Crippen MR) is 52.8 cm³/mol. The molecule has 13 heavy (non-hydrogen) atoms. The fraction of sp³-hybridized carbons (Fsp3) is 1.00. The summed E-state index contributed by atoms with van der Waals surface area (Å²) in [5.74, 6) is 0. The van der Waals surface area contributed by atoms with Gasteiger partial charge in [-0.15, -0.1) is 0 Å². The lowest BCUT2D eigenvalue weighted by atomic mass is 10.4. The van der Waals surface area contributed by atoms with Crippen LogP contribution in [0.25, 0.3) is 0 Å². The van der Waals surface area contributed by atoms with E-state index in [1.165, 1.54) is 0 Å². The predicted octanol–water partition coefficient (Wildman–Crippen LogP) is 2.20. The van der Waals surface area contributed by atoms with Gasteiger partial charge in [0.2, 0.25) is 0 Å². The molecule has 1 atom stereocenters. The minimum absolute atomic E-state index is 0.0355. The minimum Gasteiger partial charge on any atom is -0.382 e. The maximum atomic E-state index is 5.48. The summed E-state index contributed by atoms with van der Waals surface area (Å²) in [6, 6.07) is 0. The molecule has 1 unspecified atom stereocenters. The van der Waals surface area contributed by atoms with E-state index in [1.54, 1.807) is 0 Å². The van der Waals surface area contributed by atoms with Crippen molar-refractivity contribution in [1.82, 2.24) is 0 Å². The van der Waals surface area contributed by atoms with Crippen LogP contribution in [0.3, 0.4) is 0 Å². The molecule has 0 radical (unpaired) electrons. The molecule has 80 valence electrons. The maximum absolute atomic E-state index is 5.48. The maximum Gasteiger partial charge on any atom is 0.157 e. The second-order valence-electron chi connectivity index (χ2n) is 2.71. The van der Waals surface area contributed by atoms with E-state index < -0.39 is 0 Å². The monoisotopic (exact) mass is 190 g/mol. The molecule has 0 aromatic carbocycles.